The molecule has 0 aliphatic heterocycles. The summed E-state index contributed by atoms with van der Waals surface area (Å²) in [6.07, 6.45) is 4.37. The molecule has 17 N–H and O–H groups in total. The molecule has 0 saturated carbocycles. The van der Waals surface area contributed by atoms with Crippen molar-refractivity contribution in [3.8, 4) is 0 Å². The maximum absolute atomic E-state index is 14.1. The highest BCUT2D eigenvalue weighted by molar-refractivity contribution is 5.98. The summed E-state index contributed by atoms with van der Waals surface area (Å²) in [6, 6.07) is 7.41. The Morgan fingerprint density at radius 2 is 1.17 bits per heavy atom. The van der Waals surface area contributed by atoms with Crippen LogP contribution in [0.3, 0.4) is 0 Å². The highest BCUT2D eigenvalue weighted by atomic mass is 16.3. The lowest BCUT2D eigenvalue weighted by Gasteiger charge is -2.28. The third kappa shape index (κ3) is 17.5. The Kier molecular flexibility index (Phi) is 22.7. The Hall–Kier alpha value is -6.42. The van der Waals surface area contributed by atoms with Crippen LogP contribution in [0.25, 0.3) is 10.9 Å². The number of aliphatic hydroxyl groups excluding tert-OH is 1. The number of carbonyl (C=O) groups excluding carboxylic acids is 8. The summed E-state index contributed by atoms with van der Waals surface area (Å²) < 4.78 is 0. The van der Waals surface area contributed by atoms with E-state index in [4.69, 9.17) is 22.9 Å². The van der Waals surface area contributed by atoms with Crippen molar-refractivity contribution in [3.05, 3.63) is 71.9 Å². The normalized spacial score (nSPS) is 14.4. The first-order valence-electron chi connectivity index (χ1n) is 22.2. The Balaban J connectivity index is 1.77. The molecular weight excluding hydrogens is 853 g/mol. The zero-order chi connectivity index (χ0) is 48.8. The monoisotopic (exact) mass is 921 g/mol. The highest BCUT2D eigenvalue weighted by Crippen LogP contribution is 2.19. The lowest BCUT2D eigenvalue weighted by Crippen LogP contribution is -2.61. The minimum atomic E-state index is -1.61. The highest BCUT2D eigenvalue weighted by Gasteiger charge is 2.34. The number of unbranched alkanes of at least 4 members (excludes halogenated alkanes) is 2. The molecule has 2 aromatic carbocycles. The third-order valence-corrected chi connectivity index (χ3v) is 10.8. The average molecular weight is 921 g/mol. The fourth-order valence-electron chi connectivity index (χ4n) is 6.96. The number of hydrogen-bond donors (Lipinski definition) is 13. The second kappa shape index (κ2) is 27.8. The molecule has 0 aliphatic carbocycles. The van der Waals surface area contributed by atoms with Crippen LogP contribution in [0.1, 0.15) is 70.4 Å². The quantitative estimate of drug-likeness (QED) is 0.0328. The molecule has 0 spiro atoms. The summed E-state index contributed by atoms with van der Waals surface area (Å²) in [5.74, 6) is -6.44. The van der Waals surface area contributed by atoms with E-state index in [0.29, 0.717) is 56.3 Å². The van der Waals surface area contributed by atoms with E-state index in [9.17, 15) is 43.5 Å². The number of para-hydroxylation sites is 1. The molecule has 21 nitrogen and oxygen atoms in total. The van der Waals surface area contributed by atoms with E-state index < -0.39 is 109 Å². The maximum atomic E-state index is 14.1. The van der Waals surface area contributed by atoms with Gasteiger partial charge in [0.2, 0.25) is 47.3 Å². The Labute approximate surface area is 384 Å². The zero-order valence-electron chi connectivity index (χ0n) is 37.9. The first-order valence-corrected chi connectivity index (χ1v) is 22.2. The van der Waals surface area contributed by atoms with E-state index in [1.54, 1.807) is 50.4 Å². The van der Waals surface area contributed by atoms with Crippen molar-refractivity contribution < 1.29 is 43.5 Å². The van der Waals surface area contributed by atoms with Gasteiger partial charge in [-0.3, -0.25) is 38.4 Å². The van der Waals surface area contributed by atoms with Gasteiger partial charge in [0.05, 0.1) is 19.2 Å². The Morgan fingerprint density at radius 1 is 0.606 bits per heavy atom. The number of rotatable bonds is 29. The van der Waals surface area contributed by atoms with Crippen LogP contribution in [0.5, 0.6) is 0 Å². The number of aromatic amines is 1. The van der Waals surface area contributed by atoms with Gasteiger partial charge >= 0.3 is 0 Å². The molecule has 7 atom stereocenters. The van der Waals surface area contributed by atoms with Crippen molar-refractivity contribution >= 4 is 58.2 Å². The van der Waals surface area contributed by atoms with Gasteiger partial charge in [-0.05, 0) is 75.2 Å². The Bertz CT molecular complexity index is 2080. The van der Waals surface area contributed by atoms with Crippen LogP contribution in [-0.2, 0) is 51.2 Å². The first-order chi connectivity index (χ1) is 31.5. The van der Waals surface area contributed by atoms with E-state index in [0.717, 1.165) is 10.9 Å². The molecule has 1 heterocycles. The number of primary amides is 1. The molecule has 0 bridgehead atoms. The van der Waals surface area contributed by atoms with Crippen LogP contribution in [0.4, 0.5) is 0 Å². The van der Waals surface area contributed by atoms with Crippen LogP contribution in [-0.4, -0.2) is 126 Å². The van der Waals surface area contributed by atoms with Crippen molar-refractivity contribution in [2.75, 3.05) is 26.2 Å². The van der Waals surface area contributed by atoms with Crippen molar-refractivity contribution in [3.63, 3.8) is 0 Å². The van der Waals surface area contributed by atoms with Crippen molar-refractivity contribution in [1.82, 2.24) is 42.2 Å². The number of fused-ring (bicyclic) bond motifs is 1. The molecule has 3 rings (SSSR count). The second-order valence-corrected chi connectivity index (χ2v) is 16.5. The molecule has 3 aromatic rings. The summed E-state index contributed by atoms with van der Waals surface area (Å²) in [5.41, 5.74) is 24.7. The van der Waals surface area contributed by atoms with Crippen LogP contribution in [0.15, 0.2) is 60.8 Å². The molecular formula is C45H68N12O9. The van der Waals surface area contributed by atoms with Gasteiger partial charge in [-0.2, -0.15) is 0 Å². The van der Waals surface area contributed by atoms with E-state index in [-0.39, 0.29) is 19.3 Å². The van der Waals surface area contributed by atoms with Crippen molar-refractivity contribution in [2.45, 2.75) is 114 Å². The number of carbonyl (C=O) groups is 8. The third-order valence-electron chi connectivity index (χ3n) is 10.8. The SMILES string of the molecule is CC(NC(=O)C(CO)NC(=O)C(Cc1ccccc1)NC(=O)C(CCCCN)NC(=O)C(NC(=O)C(N)CCCCN)C(C)C)C(=O)NC(Cc1c[nH]c2ccccc12)C(=O)NCC(N)=O. The molecule has 7 unspecified atom stereocenters. The van der Waals surface area contributed by atoms with Gasteiger partial charge in [-0.1, -0.05) is 68.8 Å². The van der Waals surface area contributed by atoms with Crippen LogP contribution >= 0.6 is 0 Å². The topological polar surface area (TPSA) is 361 Å². The average Bonchev–Trinajstić information content (AvgIpc) is 3.70. The summed E-state index contributed by atoms with van der Waals surface area (Å²) in [5, 5.41) is 29.1. The summed E-state index contributed by atoms with van der Waals surface area (Å²) in [4.78, 5) is 109. The van der Waals surface area contributed by atoms with Crippen molar-refractivity contribution in [2.24, 2.45) is 28.9 Å². The summed E-state index contributed by atoms with van der Waals surface area (Å²) >= 11 is 0. The maximum Gasteiger partial charge on any atom is 0.245 e. The number of hydrogen-bond acceptors (Lipinski definition) is 12. The van der Waals surface area contributed by atoms with E-state index in [1.807, 2.05) is 24.3 Å². The van der Waals surface area contributed by atoms with Gasteiger partial charge in [-0.15, -0.1) is 0 Å². The Morgan fingerprint density at radius 3 is 1.80 bits per heavy atom. The molecule has 0 aliphatic rings. The minimum Gasteiger partial charge on any atom is -0.394 e. The summed E-state index contributed by atoms with van der Waals surface area (Å²) in [7, 11) is 0. The van der Waals surface area contributed by atoms with Gasteiger partial charge in [-0.25, -0.2) is 0 Å². The van der Waals surface area contributed by atoms with Gasteiger partial charge in [0.25, 0.3) is 0 Å². The van der Waals surface area contributed by atoms with E-state index in [1.165, 1.54) is 6.92 Å². The number of amides is 8. The molecule has 8 amide bonds. The van der Waals surface area contributed by atoms with E-state index in [2.05, 4.69) is 42.2 Å². The molecule has 66 heavy (non-hydrogen) atoms. The van der Waals surface area contributed by atoms with Gasteiger partial charge in [0, 0.05) is 29.9 Å². The van der Waals surface area contributed by atoms with Crippen LogP contribution in [0.2, 0.25) is 0 Å². The van der Waals surface area contributed by atoms with Crippen molar-refractivity contribution in [1.29, 1.82) is 0 Å². The molecule has 1 aromatic heterocycles. The number of benzene rings is 2. The predicted octanol–water partition coefficient (Wildman–Crippen LogP) is -2.28. The van der Waals surface area contributed by atoms with Gasteiger partial charge in [0.15, 0.2) is 0 Å². The lowest BCUT2D eigenvalue weighted by molar-refractivity contribution is -0.136. The van der Waals surface area contributed by atoms with Crippen LogP contribution < -0.4 is 60.2 Å². The standard InChI is InChI=1S/C45H68N12O9/c1-26(2)38(57-40(61)31(48)16-9-11-19-46)45(66)53-33(18-10-12-20-47)42(63)55-34(21-28-13-5-4-6-14-28)43(64)56-36(25-58)44(65)52-27(3)39(60)54-35(41(62)51-24-37(49)59)22-29-23-50-32-17-8-7-15-30(29)32/h4-8,13-15,17,23,26-27,31,33-36,38,50,58H,9-12,16,18-22,24-25,46-48H2,1-3H3,(H2,49,59)(H,51,62)(H,52,65)(H,53,66)(H,54,60)(H,55,63)(H,56,64)(H,57,61). The minimum absolute atomic E-state index is 0.00195. The first kappa shape index (κ1) is 53.9. The second-order valence-electron chi connectivity index (χ2n) is 16.5. The van der Waals surface area contributed by atoms with Gasteiger partial charge < -0.3 is 70.2 Å². The number of H-pyrrole nitrogens is 1. The zero-order valence-corrected chi connectivity index (χ0v) is 37.9. The number of aliphatic hydroxyl groups is 1. The largest absolute Gasteiger partial charge is 0.394 e. The number of aromatic nitrogens is 1. The molecule has 0 radical (unpaired) electrons. The molecule has 0 saturated heterocycles. The molecule has 21 heteroatoms. The van der Waals surface area contributed by atoms with E-state index >= 15 is 0 Å². The molecule has 0 fully saturated rings. The predicted molar refractivity (Wildman–Crippen MR) is 247 cm³/mol. The van der Waals surface area contributed by atoms with Gasteiger partial charge in [0.1, 0.15) is 36.3 Å². The smallest absolute Gasteiger partial charge is 0.245 e. The van der Waals surface area contributed by atoms with Crippen LogP contribution in [0, 0.1) is 5.92 Å². The lowest BCUT2D eigenvalue weighted by atomic mass is 10.00. The molecule has 362 valence electrons. The number of nitrogens with two attached hydrogens (primary N) is 4. The fraction of sp³-hybridized carbons (Fsp3) is 0.511. The summed E-state index contributed by atoms with van der Waals surface area (Å²) in [6.45, 7) is 4.16. The number of nitrogens with one attached hydrogen (secondary N) is 8. The fourth-order valence-corrected chi connectivity index (χ4v) is 6.96.